The van der Waals surface area contributed by atoms with Gasteiger partial charge in [-0.15, -0.1) is 0 Å². The first-order chi connectivity index (χ1) is 6.65. The van der Waals surface area contributed by atoms with Gasteiger partial charge in [-0.2, -0.15) is 0 Å². The van der Waals surface area contributed by atoms with Crippen LogP contribution in [-0.2, 0) is 4.84 Å². The van der Waals surface area contributed by atoms with Crippen LogP contribution in [0.2, 0.25) is 5.02 Å². The fourth-order valence-electron chi connectivity index (χ4n) is 0.874. The Morgan fingerprint density at radius 1 is 1.64 bits per heavy atom. The molecule has 4 nitrogen and oxygen atoms in total. The van der Waals surface area contributed by atoms with E-state index in [1.807, 2.05) is 0 Å². The second kappa shape index (κ2) is 4.62. The van der Waals surface area contributed by atoms with Crippen molar-refractivity contribution in [2.75, 3.05) is 7.11 Å². The maximum atomic E-state index is 10.6. The van der Waals surface area contributed by atoms with Crippen LogP contribution in [0.25, 0.3) is 0 Å². The molecule has 0 heterocycles. The fraction of sp³-hybridized carbons (Fsp3) is 0.111. The molecule has 0 aliphatic heterocycles. The van der Waals surface area contributed by atoms with Crippen molar-refractivity contribution in [1.29, 1.82) is 0 Å². The lowest BCUT2D eigenvalue weighted by molar-refractivity contribution is 0.0697. The minimum absolute atomic E-state index is 0.143. The summed E-state index contributed by atoms with van der Waals surface area (Å²) in [6.45, 7) is 0. The van der Waals surface area contributed by atoms with Crippen molar-refractivity contribution in [3.05, 3.63) is 34.3 Å². The molecule has 0 aliphatic carbocycles. The van der Waals surface area contributed by atoms with E-state index >= 15 is 0 Å². The molecule has 1 aromatic rings. The number of benzene rings is 1. The molecular formula is C9H8ClNO3. The molecule has 0 amide bonds. The molecule has 1 aromatic carbocycles. The average molecular weight is 214 g/mol. The molecule has 0 fully saturated rings. The Hall–Kier alpha value is -1.55. The van der Waals surface area contributed by atoms with E-state index in [2.05, 4.69) is 9.99 Å². The third-order valence-corrected chi connectivity index (χ3v) is 1.87. The minimum Gasteiger partial charge on any atom is -0.478 e. The van der Waals surface area contributed by atoms with Gasteiger partial charge in [-0.1, -0.05) is 22.8 Å². The van der Waals surface area contributed by atoms with E-state index in [4.69, 9.17) is 16.7 Å². The van der Waals surface area contributed by atoms with Gasteiger partial charge >= 0.3 is 5.97 Å². The van der Waals surface area contributed by atoms with Crippen molar-refractivity contribution in [2.24, 2.45) is 5.16 Å². The predicted octanol–water partition coefficient (Wildman–Crippen LogP) is 2.02. The summed E-state index contributed by atoms with van der Waals surface area (Å²) in [4.78, 5) is 15.0. The Balaban J connectivity index is 3.01. The van der Waals surface area contributed by atoms with Crippen molar-refractivity contribution in [2.45, 2.75) is 0 Å². The number of carbonyl (C=O) groups is 1. The topological polar surface area (TPSA) is 58.9 Å². The number of aromatic carboxylic acids is 1. The van der Waals surface area contributed by atoms with Crippen LogP contribution in [0.5, 0.6) is 0 Å². The second-order valence-corrected chi connectivity index (χ2v) is 2.87. The third-order valence-electron chi connectivity index (χ3n) is 1.54. The molecule has 0 unspecified atom stereocenters. The van der Waals surface area contributed by atoms with Crippen LogP contribution in [0.3, 0.4) is 0 Å². The molecule has 0 aliphatic rings. The standard InChI is InChI=1S/C9H8ClNO3/c1-14-11-5-7-3-2-6(9(12)13)4-8(7)10/h2-5H,1H3,(H,12,13)/b11-5+. The molecule has 0 spiro atoms. The smallest absolute Gasteiger partial charge is 0.335 e. The summed E-state index contributed by atoms with van der Waals surface area (Å²) in [6.07, 6.45) is 1.41. The van der Waals surface area contributed by atoms with Crippen LogP contribution >= 0.6 is 11.6 Å². The Morgan fingerprint density at radius 3 is 2.86 bits per heavy atom. The Kier molecular flexibility index (Phi) is 3.48. The maximum Gasteiger partial charge on any atom is 0.335 e. The molecule has 0 radical (unpaired) electrons. The first-order valence-corrected chi connectivity index (χ1v) is 4.12. The van der Waals surface area contributed by atoms with Gasteiger partial charge in [-0.3, -0.25) is 0 Å². The summed E-state index contributed by atoms with van der Waals surface area (Å²) in [6, 6.07) is 4.38. The largest absolute Gasteiger partial charge is 0.478 e. The molecule has 0 bridgehead atoms. The van der Waals surface area contributed by atoms with Gasteiger partial charge in [0.2, 0.25) is 0 Å². The van der Waals surface area contributed by atoms with E-state index < -0.39 is 5.97 Å². The lowest BCUT2D eigenvalue weighted by Crippen LogP contribution is -1.96. The molecule has 0 atom stereocenters. The van der Waals surface area contributed by atoms with Gasteiger partial charge in [0.05, 0.1) is 16.8 Å². The Morgan fingerprint density at radius 2 is 2.36 bits per heavy atom. The fourth-order valence-corrected chi connectivity index (χ4v) is 1.10. The van der Waals surface area contributed by atoms with Crippen LogP contribution in [0.1, 0.15) is 15.9 Å². The molecule has 0 saturated carbocycles. The Bertz CT molecular complexity index is 376. The summed E-state index contributed by atoms with van der Waals surface area (Å²) in [7, 11) is 1.41. The molecule has 14 heavy (non-hydrogen) atoms. The number of hydrogen-bond acceptors (Lipinski definition) is 3. The van der Waals surface area contributed by atoms with Crippen LogP contribution in [-0.4, -0.2) is 24.4 Å². The zero-order valence-corrected chi connectivity index (χ0v) is 8.15. The van der Waals surface area contributed by atoms with Crippen LogP contribution in [0, 0.1) is 0 Å². The number of oxime groups is 1. The van der Waals surface area contributed by atoms with Crippen molar-refractivity contribution in [3.8, 4) is 0 Å². The Labute approximate surface area is 85.7 Å². The van der Waals surface area contributed by atoms with Crippen molar-refractivity contribution in [1.82, 2.24) is 0 Å². The van der Waals surface area contributed by atoms with Gasteiger partial charge in [0.15, 0.2) is 0 Å². The maximum absolute atomic E-state index is 10.6. The van der Waals surface area contributed by atoms with E-state index in [0.29, 0.717) is 10.6 Å². The summed E-state index contributed by atoms with van der Waals surface area (Å²) in [5.41, 5.74) is 0.753. The number of halogens is 1. The lowest BCUT2D eigenvalue weighted by atomic mass is 10.1. The zero-order valence-electron chi connectivity index (χ0n) is 7.40. The SMILES string of the molecule is CO/N=C/c1ccc(C(=O)O)cc1Cl. The zero-order chi connectivity index (χ0) is 10.6. The number of hydrogen-bond donors (Lipinski definition) is 1. The van der Waals surface area contributed by atoms with E-state index in [1.165, 1.54) is 25.5 Å². The van der Waals surface area contributed by atoms with Gasteiger partial charge < -0.3 is 9.94 Å². The monoisotopic (exact) mass is 213 g/mol. The number of carboxylic acids is 1. The molecule has 5 heteroatoms. The van der Waals surface area contributed by atoms with Crippen LogP contribution in [0.15, 0.2) is 23.4 Å². The van der Waals surface area contributed by atoms with E-state index in [9.17, 15) is 4.79 Å². The van der Waals surface area contributed by atoms with Crippen molar-refractivity contribution >= 4 is 23.8 Å². The van der Waals surface area contributed by atoms with Crippen LogP contribution < -0.4 is 0 Å². The van der Waals surface area contributed by atoms with Crippen LogP contribution in [0.4, 0.5) is 0 Å². The first-order valence-electron chi connectivity index (χ1n) is 3.74. The highest BCUT2D eigenvalue weighted by Crippen LogP contribution is 2.16. The molecule has 74 valence electrons. The third kappa shape index (κ3) is 2.47. The van der Waals surface area contributed by atoms with Gasteiger partial charge in [-0.25, -0.2) is 4.79 Å². The number of rotatable bonds is 3. The van der Waals surface area contributed by atoms with Gasteiger partial charge in [0, 0.05) is 5.56 Å². The molecule has 0 saturated heterocycles. The minimum atomic E-state index is -1.01. The van der Waals surface area contributed by atoms with Gasteiger partial charge in [0.1, 0.15) is 7.11 Å². The average Bonchev–Trinajstić information content (AvgIpc) is 2.15. The molecule has 0 aromatic heterocycles. The highest BCUT2D eigenvalue weighted by atomic mass is 35.5. The first kappa shape index (κ1) is 10.5. The number of carboxylic acid groups (broad SMARTS) is 1. The van der Waals surface area contributed by atoms with Crippen molar-refractivity contribution < 1.29 is 14.7 Å². The van der Waals surface area contributed by atoms with Gasteiger partial charge in [0.25, 0.3) is 0 Å². The molecular weight excluding hydrogens is 206 g/mol. The summed E-state index contributed by atoms with van der Waals surface area (Å²) in [5.74, 6) is -1.01. The van der Waals surface area contributed by atoms with E-state index in [-0.39, 0.29) is 5.56 Å². The highest BCUT2D eigenvalue weighted by molar-refractivity contribution is 6.33. The second-order valence-electron chi connectivity index (χ2n) is 2.46. The summed E-state index contributed by atoms with van der Waals surface area (Å²) >= 11 is 5.80. The predicted molar refractivity (Wildman–Crippen MR) is 53.0 cm³/mol. The summed E-state index contributed by atoms with van der Waals surface area (Å²) in [5, 5.41) is 12.5. The normalized spacial score (nSPS) is 10.4. The molecule has 1 rings (SSSR count). The van der Waals surface area contributed by atoms with E-state index in [0.717, 1.165) is 0 Å². The quantitative estimate of drug-likeness (QED) is 0.617. The molecule has 1 N–H and O–H groups in total. The summed E-state index contributed by atoms with van der Waals surface area (Å²) < 4.78 is 0. The van der Waals surface area contributed by atoms with Crippen molar-refractivity contribution in [3.63, 3.8) is 0 Å². The van der Waals surface area contributed by atoms with E-state index in [1.54, 1.807) is 6.07 Å². The lowest BCUT2D eigenvalue weighted by Gasteiger charge is -1.99. The highest BCUT2D eigenvalue weighted by Gasteiger charge is 2.05. The van der Waals surface area contributed by atoms with Gasteiger partial charge in [-0.05, 0) is 12.1 Å². The number of nitrogens with zero attached hydrogens (tertiary/aromatic N) is 1.